The number of likely N-dealkylation sites (N-methyl/N-ethyl adjacent to an activating group) is 1. The molecule has 0 bridgehead atoms. The summed E-state index contributed by atoms with van der Waals surface area (Å²) < 4.78 is 11.0. The van der Waals surface area contributed by atoms with Gasteiger partial charge in [-0.15, -0.1) is 0 Å². The molecule has 19 heavy (non-hydrogen) atoms. The number of ether oxygens (including phenoxy) is 1. The van der Waals surface area contributed by atoms with Gasteiger partial charge in [0.05, 0.1) is 19.5 Å². The van der Waals surface area contributed by atoms with Crippen molar-refractivity contribution in [1.82, 2.24) is 10.2 Å². The zero-order valence-electron chi connectivity index (χ0n) is 12.3. The van der Waals surface area contributed by atoms with Crippen LogP contribution in [0.2, 0.25) is 0 Å². The van der Waals surface area contributed by atoms with Crippen LogP contribution in [0.4, 0.5) is 0 Å². The highest BCUT2D eigenvalue weighted by molar-refractivity contribution is 5.06. The second-order valence-electron chi connectivity index (χ2n) is 5.43. The monoisotopic (exact) mass is 266 g/mol. The summed E-state index contributed by atoms with van der Waals surface area (Å²) in [5, 5.41) is 3.49. The Kier molecular flexibility index (Phi) is 5.02. The van der Waals surface area contributed by atoms with Crippen molar-refractivity contribution in [1.29, 1.82) is 0 Å². The first-order chi connectivity index (χ1) is 9.20. The van der Waals surface area contributed by atoms with Gasteiger partial charge in [-0.1, -0.05) is 6.92 Å². The van der Waals surface area contributed by atoms with Crippen LogP contribution in [0, 0.1) is 0 Å². The van der Waals surface area contributed by atoms with E-state index < -0.39 is 0 Å². The van der Waals surface area contributed by atoms with Crippen LogP contribution in [0.15, 0.2) is 22.8 Å². The van der Waals surface area contributed by atoms with E-state index in [0.717, 1.165) is 44.9 Å². The second-order valence-corrected chi connectivity index (χ2v) is 5.43. The van der Waals surface area contributed by atoms with E-state index in [9.17, 15) is 0 Å². The maximum atomic E-state index is 5.51. The first kappa shape index (κ1) is 14.6. The molecule has 2 atom stereocenters. The minimum Gasteiger partial charge on any atom is -0.469 e. The first-order valence-corrected chi connectivity index (χ1v) is 7.23. The van der Waals surface area contributed by atoms with Gasteiger partial charge in [0.2, 0.25) is 0 Å². The maximum Gasteiger partial charge on any atom is 0.105 e. The molecule has 2 heterocycles. The number of hydrogen-bond acceptors (Lipinski definition) is 4. The third kappa shape index (κ3) is 3.19. The standard InChI is InChI=1S/C15H26N2O2/c1-4-15(2,17-7-10-18-11-8-17)14(16-3)12-13-6-5-9-19-13/h5-6,9,14,16H,4,7-8,10-12H2,1-3H3. The van der Waals surface area contributed by atoms with E-state index in [-0.39, 0.29) is 5.54 Å². The lowest BCUT2D eigenvalue weighted by atomic mass is 9.84. The summed E-state index contributed by atoms with van der Waals surface area (Å²) in [6.45, 7) is 8.32. The lowest BCUT2D eigenvalue weighted by Gasteiger charge is -2.47. The second kappa shape index (κ2) is 6.55. The summed E-state index contributed by atoms with van der Waals surface area (Å²) in [5.74, 6) is 1.05. The fraction of sp³-hybridized carbons (Fsp3) is 0.733. The Hall–Kier alpha value is -0.840. The molecule has 2 unspecified atom stereocenters. The molecule has 1 N–H and O–H groups in total. The summed E-state index contributed by atoms with van der Waals surface area (Å²) >= 11 is 0. The number of rotatable bonds is 6. The minimum absolute atomic E-state index is 0.130. The van der Waals surface area contributed by atoms with Crippen LogP contribution in [0.1, 0.15) is 26.0 Å². The summed E-state index contributed by atoms with van der Waals surface area (Å²) in [6, 6.07) is 4.39. The van der Waals surface area contributed by atoms with Crippen LogP contribution in [-0.4, -0.2) is 49.8 Å². The summed E-state index contributed by atoms with van der Waals surface area (Å²) in [6.07, 6.45) is 3.78. The minimum atomic E-state index is 0.130. The molecule has 0 aromatic carbocycles. The van der Waals surface area contributed by atoms with Gasteiger partial charge in [-0.05, 0) is 32.5 Å². The molecule has 4 heteroatoms. The molecule has 1 aliphatic heterocycles. The zero-order valence-corrected chi connectivity index (χ0v) is 12.3. The number of nitrogens with zero attached hydrogens (tertiary/aromatic N) is 1. The largest absolute Gasteiger partial charge is 0.469 e. The smallest absolute Gasteiger partial charge is 0.105 e. The molecule has 1 saturated heterocycles. The summed E-state index contributed by atoms with van der Waals surface area (Å²) in [5.41, 5.74) is 0.130. The molecule has 1 aromatic heterocycles. The van der Waals surface area contributed by atoms with Gasteiger partial charge in [-0.2, -0.15) is 0 Å². The average Bonchev–Trinajstić information content (AvgIpc) is 2.98. The van der Waals surface area contributed by atoms with Crippen molar-refractivity contribution in [3.8, 4) is 0 Å². The van der Waals surface area contributed by atoms with Crippen molar-refractivity contribution in [2.75, 3.05) is 33.4 Å². The fourth-order valence-corrected chi connectivity index (χ4v) is 3.03. The molecular weight excluding hydrogens is 240 g/mol. The van der Waals surface area contributed by atoms with Gasteiger partial charge < -0.3 is 14.5 Å². The SMILES string of the molecule is CCC(C)(C(Cc1ccco1)NC)N1CCOCC1. The molecule has 0 aliphatic carbocycles. The first-order valence-electron chi connectivity index (χ1n) is 7.23. The molecule has 0 saturated carbocycles. The highest BCUT2D eigenvalue weighted by Crippen LogP contribution is 2.27. The van der Waals surface area contributed by atoms with E-state index in [1.165, 1.54) is 0 Å². The normalized spacial score (nSPS) is 22.1. The van der Waals surface area contributed by atoms with E-state index in [2.05, 4.69) is 30.1 Å². The van der Waals surface area contributed by atoms with Gasteiger partial charge in [0.15, 0.2) is 0 Å². The molecular formula is C15H26N2O2. The van der Waals surface area contributed by atoms with Gasteiger partial charge in [-0.25, -0.2) is 0 Å². The highest BCUT2D eigenvalue weighted by atomic mass is 16.5. The number of morpholine rings is 1. The Morgan fingerprint density at radius 3 is 2.68 bits per heavy atom. The van der Waals surface area contributed by atoms with Crippen LogP contribution in [0.5, 0.6) is 0 Å². The van der Waals surface area contributed by atoms with E-state index in [4.69, 9.17) is 9.15 Å². The Balaban J connectivity index is 2.11. The lowest BCUT2D eigenvalue weighted by molar-refractivity contribution is -0.0318. The quantitative estimate of drug-likeness (QED) is 0.853. The van der Waals surface area contributed by atoms with Gasteiger partial charge in [-0.3, -0.25) is 4.90 Å². The van der Waals surface area contributed by atoms with Crippen LogP contribution < -0.4 is 5.32 Å². The molecule has 1 aromatic rings. The molecule has 1 aliphatic rings. The third-order valence-corrected chi connectivity index (χ3v) is 4.53. The molecule has 0 radical (unpaired) electrons. The number of nitrogens with one attached hydrogen (secondary N) is 1. The van der Waals surface area contributed by atoms with Crippen LogP contribution >= 0.6 is 0 Å². The van der Waals surface area contributed by atoms with Gasteiger partial charge in [0.25, 0.3) is 0 Å². The third-order valence-electron chi connectivity index (χ3n) is 4.53. The molecule has 4 nitrogen and oxygen atoms in total. The molecule has 2 rings (SSSR count). The predicted molar refractivity (Wildman–Crippen MR) is 76.3 cm³/mol. The topological polar surface area (TPSA) is 37.6 Å². The Bertz CT molecular complexity index is 360. The fourth-order valence-electron chi connectivity index (χ4n) is 3.03. The molecule has 0 amide bonds. The van der Waals surface area contributed by atoms with Crippen LogP contribution in [-0.2, 0) is 11.2 Å². The molecule has 1 fully saturated rings. The van der Waals surface area contributed by atoms with Crippen molar-refractivity contribution < 1.29 is 9.15 Å². The van der Waals surface area contributed by atoms with E-state index in [0.29, 0.717) is 6.04 Å². The van der Waals surface area contributed by atoms with Gasteiger partial charge in [0.1, 0.15) is 5.76 Å². The van der Waals surface area contributed by atoms with E-state index in [1.54, 1.807) is 6.26 Å². The summed E-state index contributed by atoms with van der Waals surface area (Å²) in [4.78, 5) is 2.56. The molecule has 108 valence electrons. The van der Waals surface area contributed by atoms with Crippen LogP contribution in [0.3, 0.4) is 0 Å². The maximum absolute atomic E-state index is 5.51. The Labute approximate surface area is 116 Å². The van der Waals surface area contributed by atoms with Crippen molar-refractivity contribution >= 4 is 0 Å². The van der Waals surface area contributed by atoms with Crippen molar-refractivity contribution in [3.63, 3.8) is 0 Å². The zero-order chi connectivity index (χ0) is 13.7. The summed E-state index contributed by atoms with van der Waals surface area (Å²) in [7, 11) is 2.04. The average molecular weight is 266 g/mol. The van der Waals surface area contributed by atoms with Crippen LogP contribution in [0.25, 0.3) is 0 Å². The lowest BCUT2D eigenvalue weighted by Crippen LogP contribution is -2.61. The van der Waals surface area contributed by atoms with Crippen molar-refractivity contribution in [3.05, 3.63) is 24.2 Å². The Morgan fingerprint density at radius 2 is 2.16 bits per heavy atom. The molecule has 0 spiro atoms. The number of hydrogen-bond donors (Lipinski definition) is 1. The van der Waals surface area contributed by atoms with E-state index in [1.807, 2.05) is 13.1 Å². The van der Waals surface area contributed by atoms with E-state index >= 15 is 0 Å². The number of furan rings is 1. The van der Waals surface area contributed by atoms with Crippen molar-refractivity contribution in [2.24, 2.45) is 0 Å². The Morgan fingerprint density at radius 1 is 1.42 bits per heavy atom. The highest BCUT2D eigenvalue weighted by Gasteiger charge is 2.38. The van der Waals surface area contributed by atoms with Crippen molar-refractivity contribution in [2.45, 2.75) is 38.3 Å². The van der Waals surface area contributed by atoms with Gasteiger partial charge >= 0.3 is 0 Å². The van der Waals surface area contributed by atoms with Gasteiger partial charge in [0, 0.05) is 31.1 Å². The predicted octanol–water partition coefficient (Wildman–Crippen LogP) is 1.91.